The van der Waals surface area contributed by atoms with E-state index in [1.165, 1.54) is 5.56 Å². The maximum absolute atomic E-state index is 12.5. The summed E-state index contributed by atoms with van der Waals surface area (Å²) in [5, 5.41) is 1.17. The number of ketones is 1. The molecular formula is C34H32Cl2N2O4S. The van der Waals surface area contributed by atoms with Crippen LogP contribution < -0.4 is 0 Å². The Kier molecular flexibility index (Phi) is 8.82. The van der Waals surface area contributed by atoms with E-state index in [1.54, 1.807) is 18.2 Å². The maximum atomic E-state index is 12.5. The molecule has 0 spiro atoms. The molecule has 9 heteroatoms. The highest BCUT2D eigenvalue weighted by Crippen LogP contribution is 2.34. The fourth-order valence-corrected chi connectivity index (χ4v) is 6.06. The fraction of sp³-hybridized carbons (Fsp3) is 0.235. The van der Waals surface area contributed by atoms with Crippen LogP contribution in [-0.2, 0) is 22.1 Å². The molecule has 0 bridgehead atoms. The van der Waals surface area contributed by atoms with Crippen molar-refractivity contribution >= 4 is 50.1 Å². The fourth-order valence-electron chi connectivity index (χ4n) is 5.04. The smallest absolute Gasteiger partial charge is 0.264 e. The summed E-state index contributed by atoms with van der Waals surface area (Å²) < 4.78 is 33.0. The summed E-state index contributed by atoms with van der Waals surface area (Å²) in [6, 6.07) is 27.3. The zero-order valence-electron chi connectivity index (χ0n) is 24.1. The molecule has 0 fully saturated rings. The van der Waals surface area contributed by atoms with Crippen molar-refractivity contribution in [2.24, 2.45) is 0 Å². The third-order valence-corrected chi connectivity index (χ3v) is 8.77. The van der Waals surface area contributed by atoms with E-state index in [-0.39, 0.29) is 24.0 Å². The Morgan fingerprint density at radius 3 is 2.19 bits per heavy atom. The van der Waals surface area contributed by atoms with Crippen LogP contribution in [0.3, 0.4) is 0 Å². The first kappa shape index (κ1) is 31.0. The van der Waals surface area contributed by atoms with Gasteiger partial charge in [0.15, 0.2) is 5.78 Å². The highest BCUT2D eigenvalue weighted by Gasteiger charge is 2.19. The summed E-state index contributed by atoms with van der Waals surface area (Å²) in [5.74, 6) is 0.220. The van der Waals surface area contributed by atoms with Crippen molar-refractivity contribution in [3.63, 3.8) is 0 Å². The number of carbonyl (C=O) groups is 1. The third-order valence-electron chi connectivity index (χ3n) is 7.42. The topological polar surface area (TPSA) is 89.3 Å². The first-order valence-corrected chi connectivity index (χ1v) is 16.3. The second kappa shape index (κ2) is 12.2. The van der Waals surface area contributed by atoms with Gasteiger partial charge in [-0.2, -0.15) is 8.42 Å². The van der Waals surface area contributed by atoms with E-state index in [4.69, 9.17) is 32.7 Å². The van der Waals surface area contributed by atoms with Crippen LogP contribution >= 0.6 is 23.2 Å². The molecule has 1 aromatic heterocycles. The number of imidazole rings is 1. The molecule has 0 saturated carbocycles. The number of benzene rings is 4. The molecule has 0 aliphatic rings. The number of Topliss-reactive ketones (excluding diaryl/α,β-unsaturated/α-hetero) is 1. The van der Waals surface area contributed by atoms with Crippen molar-refractivity contribution in [3.8, 4) is 22.5 Å². The number of rotatable bonds is 9. The van der Waals surface area contributed by atoms with Crippen molar-refractivity contribution < 1.29 is 17.8 Å². The van der Waals surface area contributed by atoms with Gasteiger partial charge in [0.25, 0.3) is 10.1 Å². The lowest BCUT2D eigenvalue weighted by molar-refractivity contribution is 0.0982. The predicted molar refractivity (Wildman–Crippen MR) is 175 cm³/mol. The highest BCUT2D eigenvalue weighted by molar-refractivity contribution is 7.85. The summed E-state index contributed by atoms with van der Waals surface area (Å²) in [4.78, 5) is 17.6. The predicted octanol–water partition coefficient (Wildman–Crippen LogP) is 8.87. The first-order chi connectivity index (χ1) is 20.3. The summed E-state index contributed by atoms with van der Waals surface area (Å²) in [6.45, 7) is 7.07. The number of hydrogen-bond donors (Lipinski definition) is 1. The SMILES string of the molecule is CC(C)(C)c1ccc2c(c1)nc(-c1ccc(-c3ccc(Cl)cc3Cl)cc1)n2Cc1ccc(C(=O)CCCS(=O)(=O)O)cc1. The lowest BCUT2D eigenvalue weighted by Gasteiger charge is -2.18. The molecule has 0 radical (unpaired) electrons. The number of carbonyl (C=O) groups excluding carboxylic acids is 1. The monoisotopic (exact) mass is 634 g/mol. The molecule has 0 saturated heterocycles. The molecule has 1 N–H and O–H groups in total. The number of aromatic nitrogens is 2. The van der Waals surface area contributed by atoms with Gasteiger partial charge in [0.05, 0.1) is 16.8 Å². The Bertz CT molecular complexity index is 1910. The van der Waals surface area contributed by atoms with Crippen molar-refractivity contribution in [1.29, 1.82) is 0 Å². The number of hydrogen-bond acceptors (Lipinski definition) is 4. The Labute approximate surface area is 262 Å². The van der Waals surface area contributed by atoms with Crippen LogP contribution in [0.5, 0.6) is 0 Å². The van der Waals surface area contributed by atoms with Gasteiger partial charge in [0.2, 0.25) is 0 Å². The number of nitrogens with zero attached hydrogens (tertiary/aromatic N) is 2. The van der Waals surface area contributed by atoms with Crippen LogP contribution in [0.25, 0.3) is 33.5 Å². The van der Waals surface area contributed by atoms with Crippen molar-refractivity contribution in [2.75, 3.05) is 5.75 Å². The summed E-state index contributed by atoms with van der Waals surface area (Å²) in [6.07, 6.45) is 0.117. The van der Waals surface area contributed by atoms with Gasteiger partial charge in [-0.3, -0.25) is 9.35 Å². The van der Waals surface area contributed by atoms with Gasteiger partial charge in [-0.15, -0.1) is 0 Å². The van der Waals surface area contributed by atoms with E-state index in [1.807, 2.05) is 48.5 Å². The minimum atomic E-state index is -4.09. The number of fused-ring (bicyclic) bond motifs is 1. The van der Waals surface area contributed by atoms with Gasteiger partial charge in [0, 0.05) is 39.7 Å². The Morgan fingerprint density at radius 2 is 1.56 bits per heavy atom. The van der Waals surface area contributed by atoms with Crippen LogP contribution in [-0.4, -0.2) is 34.1 Å². The van der Waals surface area contributed by atoms with Crippen LogP contribution in [0.1, 0.15) is 55.1 Å². The molecule has 0 amide bonds. The Morgan fingerprint density at radius 1 is 0.884 bits per heavy atom. The van der Waals surface area contributed by atoms with Gasteiger partial charge in [-0.1, -0.05) is 105 Å². The molecule has 0 aliphatic carbocycles. The van der Waals surface area contributed by atoms with Crippen LogP contribution in [0.2, 0.25) is 10.0 Å². The van der Waals surface area contributed by atoms with Gasteiger partial charge in [0.1, 0.15) is 5.82 Å². The normalized spacial score (nSPS) is 12.1. The average molecular weight is 636 g/mol. The Hall–Kier alpha value is -3.49. The quantitative estimate of drug-likeness (QED) is 0.129. The maximum Gasteiger partial charge on any atom is 0.264 e. The van der Waals surface area contributed by atoms with Crippen LogP contribution in [0, 0.1) is 0 Å². The Balaban J connectivity index is 1.48. The van der Waals surface area contributed by atoms with E-state index < -0.39 is 15.9 Å². The van der Waals surface area contributed by atoms with Gasteiger partial charge < -0.3 is 4.57 Å². The molecule has 0 atom stereocenters. The average Bonchev–Trinajstić information content (AvgIpc) is 3.30. The van der Waals surface area contributed by atoms with E-state index in [9.17, 15) is 13.2 Å². The lowest BCUT2D eigenvalue weighted by Crippen LogP contribution is -2.10. The van der Waals surface area contributed by atoms with Gasteiger partial charge >= 0.3 is 0 Å². The van der Waals surface area contributed by atoms with E-state index in [0.29, 0.717) is 22.2 Å². The molecule has 43 heavy (non-hydrogen) atoms. The van der Waals surface area contributed by atoms with Crippen molar-refractivity contribution in [2.45, 2.75) is 45.6 Å². The largest absolute Gasteiger partial charge is 0.319 e. The molecule has 0 aliphatic heterocycles. The lowest BCUT2D eigenvalue weighted by atomic mass is 9.87. The minimum absolute atomic E-state index is 0.0264. The van der Waals surface area contributed by atoms with Crippen molar-refractivity contribution in [3.05, 3.63) is 112 Å². The summed E-state index contributed by atoms with van der Waals surface area (Å²) in [5.41, 5.74) is 7.38. The molecule has 6 nitrogen and oxygen atoms in total. The number of halogens is 2. The zero-order chi connectivity index (χ0) is 30.9. The molecule has 5 aromatic rings. The van der Waals surface area contributed by atoms with E-state index >= 15 is 0 Å². The zero-order valence-corrected chi connectivity index (χ0v) is 26.5. The summed E-state index contributed by atoms with van der Waals surface area (Å²) >= 11 is 12.5. The third kappa shape index (κ3) is 7.36. The van der Waals surface area contributed by atoms with Gasteiger partial charge in [-0.25, -0.2) is 4.98 Å². The van der Waals surface area contributed by atoms with E-state index in [0.717, 1.165) is 39.1 Å². The molecule has 1 heterocycles. The first-order valence-electron chi connectivity index (χ1n) is 13.9. The van der Waals surface area contributed by atoms with Crippen LogP contribution in [0.4, 0.5) is 0 Å². The second-order valence-corrected chi connectivity index (χ2v) is 14.1. The van der Waals surface area contributed by atoms with E-state index in [2.05, 4.69) is 43.5 Å². The minimum Gasteiger partial charge on any atom is -0.319 e. The summed E-state index contributed by atoms with van der Waals surface area (Å²) in [7, 11) is -4.09. The highest BCUT2D eigenvalue weighted by atomic mass is 35.5. The van der Waals surface area contributed by atoms with Gasteiger partial charge in [-0.05, 0) is 52.8 Å². The van der Waals surface area contributed by atoms with Crippen LogP contribution in [0.15, 0.2) is 84.9 Å². The standard InChI is InChI=1S/C34H32Cl2N2O4S/c1-34(2,3)26-14-17-31-30(19-26)37-33(25-12-10-23(11-13-25)28-16-15-27(35)20-29(28)36)38(31)21-22-6-8-24(9-7-22)32(39)5-4-18-43(40,41)42/h6-17,19-20H,4-5,18,21H2,1-3H3,(H,40,41,42). The van der Waals surface area contributed by atoms with Crippen molar-refractivity contribution in [1.82, 2.24) is 9.55 Å². The molecule has 4 aromatic carbocycles. The molecule has 0 unspecified atom stereocenters. The molecule has 222 valence electrons. The molecule has 5 rings (SSSR count). The molecular weight excluding hydrogens is 603 g/mol. The second-order valence-electron chi connectivity index (χ2n) is 11.7.